The van der Waals surface area contributed by atoms with Gasteiger partial charge in [-0.15, -0.1) is 0 Å². The van der Waals surface area contributed by atoms with E-state index >= 15 is 0 Å². The predicted octanol–water partition coefficient (Wildman–Crippen LogP) is 3.66. The fraction of sp³-hybridized carbons (Fsp3) is 0. The molecule has 3 heteroatoms. The molecule has 0 nitrogen and oxygen atoms in total. The molecule has 1 aromatic carbocycles. The standard InChI is InChI=1S/C6H3BrI2/c7-4-1-2-5(8)6(9)3-4/h1-3H. The molecule has 0 bridgehead atoms. The van der Waals surface area contributed by atoms with Crippen LogP contribution in [0.4, 0.5) is 0 Å². The average molecular weight is 409 g/mol. The van der Waals surface area contributed by atoms with E-state index in [1.807, 2.05) is 6.07 Å². The molecule has 0 unspecified atom stereocenters. The fourth-order valence-electron chi connectivity index (χ4n) is 0.470. The third-order valence-corrected chi connectivity index (χ3v) is 4.24. The van der Waals surface area contributed by atoms with Gasteiger partial charge in [-0.3, -0.25) is 0 Å². The van der Waals surface area contributed by atoms with Gasteiger partial charge >= 0.3 is 0 Å². The number of rotatable bonds is 0. The lowest BCUT2D eigenvalue weighted by atomic mass is 10.4. The normalized spacial score (nSPS) is 9.67. The zero-order valence-corrected chi connectivity index (χ0v) is 10.3. The SMILES string of the molecule is Brc1ccc(I)c(I)c1. The van der Waals surface area contributed by atoms with E-state index in [0.29, 0.717) is 0 Å². The first-order chi connectivity index (χ1) is 4.20. The monoisotopic (exact) mass is 408 g/mol. The minimum Gasteiger partial charge on any atom is -0.0508 e. The lowest BCUT2D eigenvalue weighted by Gasteiger charge is -1.93. The summed E-state index contributed by atoms with van der Waals surface area (Å²) in [4.78, 5) is 0. The third-order valence-electron chi connectivity index (χ3n) is 0.882. The predicted molar refractivity (Wildman–Crippen MR) is 59.6 cm³/mol. The average Bonchev–Trinajstić information content (AvgIpc) is 1.80. The Morgan fingerprint density at radius 2 is 1.78 bits per heavy atom. The van der Waals surface area contributed by atoms with Crippen molar-refractivity contribution in [3.8, 4) is 0 Å². The van der Waals surface area contributed by atoms with Crippen molar-refractivity contribution >= 4 is 61.1 Å². The lowest BCUT2D eigenvalue weighted by Crippen LogP contribution is -1.76. The van der Waals surface area contributed by atoms with Gasteiger partial charge in [-0.05, 0) is 63.4 Å². The highest BCUT2D eigenvalue weighted by Crippen LogP contribution is 2.19. The summed E-state index contributed by atoms with van der Waals surface area (Å²) >= 11 is 8.01. The van der Waals surface area contributed by atoms with Crippen molar-refractivity contribution in [2.24, 2.45) is 0 Å². The maximum Gasteiger partial charge on any atom is 0.0275 e. The zero-order chi connectivity index (χ0) is 6.85. The van der Waals surface area contributed by atoms with Gasteiger partial charge in [0.15, 0.2) is 0 Å². The Balaban J connectivity index is 3.17. The molecule has 0 saturated carbocycles. The van der Waals surface area contributed by atoms with Gasteiger partial charge in [0.1, 0.15) is 0 Å². The molecule has 0 heterocycles. The quantitative estimate of drug-likeness (QED) is 0.454. The van der Waals surface area contributed by atoms with E-state index in [9.17, 15) is 0 Å². The Hall–Kier alpha value is 1.16. The molecular weight excluding hydrogens is 406 g/mol. The van der Waals surface area contributed by atoms with Crippen LogP contribution in [0.2, 0.25) is 0 Å². The van der Waals surface area contributed by atoms with Crippen LogP contribution < -0.4 is 0 Å². The van der Waals surface area contributed by atoms with Crippen molar-refractivity contribution in [1.82, 2.24) is 0 Å². The maximum absolute atomic E-state index is 3.39. The first-order valence-electron chi connectivity index (χ1n) is 2.30. The molecule has 0 atom stereocenters. The number of benzene rings is 1. The van der Waals surface area contributed by atoms with Gasteiger partial charge in [-0.2, -0.15) is 0 Å². The summed E-state index contributed by atoms with van der Waals surface area (Å²) in [6.07, 6.45) is 0. The molecule has 0 aliphatic heterocycles. The lowest BCUT2D eigenvalue weighted by molar-refractivity contribution is 1.54. The smallest absolute Gasteiger partial charge is 0.0275 e. The molecule has 0 saturated heterocycles. The molecule has 0 aliphatic carbocycles. The van der Waals surface area contributed by atoms with Crippen molar-refractivity contribution in [3.05, 3.63) is 29.8 Å². The van der Waals surface area contributed by atoms with Crippen LogP contribution in [0.1, 0.15) is 0 Å². The highest BCUT2D eigenvalue weighted by atomic mass is 127. The van der Waals surface area contributed by atoms with E-state index in [0.717, 1.165) is 4.47 Å². The second-order valence-electron chi connectivity index (χ2n) is 1.56. The first-order valence-corrected chi connectivity index (χ1v) is 5.26. The summed E-state index contributed by atoms with van der Waals surface area (Å²) in [7, 11) is 0. The number of halogens is 3. The van der Waals surface area contributed by atoms with Crippen LogP contribution in [0.5, 0.6) is 0 Å². The second-order valence-corrected chi connectivity index (χ2v) is 4.80. The molecule has 1 rings (SSSR count). The maximum atomic E-state index is 3.39. The largest absolute Gasteiger partial charge is 0.0508 e. The van der Waals surface area contributed by atoms with E-state index < -0.39 is 0 Å². The molecule has 0 amide bonds. The Morgan fingerprint density at radius 1 is 1.11 bits per heavy atom. The van der Waals surface area contributed by atoms with Crippen LogP contribution in [0, 0.1) is 7.14 Å². The highest BCUT2D eigenvalue weighted by molar-refractivity contribution is 14.1. The molecule has 9 heavy (non-hydrogen) atoms. The number of hydrogen-bond acceptors (Lipinski definition) is 0. The molecular formula is C6H3BrI2. The summed E-state index contributed by atoms with van der Waals surface area (Å²) in [6, 6.07) is 6.23. The topological polar surface area (TPSA) is 0 Å². The Morgan fingerprint density at radius 3 is 2.22 bits per heavy atom. The third kappa shape index (κ3) is 2.34. The van der Waals surface area contributed by atoms with Crippen LogP contribution in [0.25, 0.3) is 0 Å². The van der Waals surface area contributed by atoms with E-state index in [1.165, 1.54) is 7.14 Å². The summed E-state index contributed by atoms with van der Waals surface area (Å²) in [5, 5.41) is 0. The van der Waals surface area contributed by atoms with Gasteiger partial charge in [0, 0.05) is 11.6 Å². The van der Waals surface area contributed by atoms with Gasteiger partial charge in [-0.1, -0.05) is 15.9 Å². The molecule has 0 aromatic heterocycles. The van der Waals surface area contributed by atoms with Crippen LogP contribution in [0.15, 0.2) is 22.7 Å². The van der Waals surface area contributed by atoms with Gasteiger partial charge in [0.25, 0.3) is 0 Å². The van der Waals surface area contributed by atoms with Gasteiger partial charge < -0.3 is 0 Å². The minimum atomic E-state index is 1.15. The molecule has 0 aliphatic rings. The second kappa shape index (κ2) is 3.52. The summed E-state index contributed by atoms with van der Waals surface area (Å²) in [5.41, 5.74) is 0. The molecule has 0 radical (unpaired) electrons. The Kier molecular flexibility index (Phi) is 3.23. The summed E-state index contributed by atoms with van der Waals surface area (Å²) < 4.78 is 3.74. The first kappa shape index (κ1) is 8.26. The number of hydrogen-bond donors (Lipinski definition) is 0. The van der Waals surface area contributed by atoms with Crippen LogP contribution in [0.3, 0.4) is 0 Å². The molecule has 1 aromatic rings. The molecule has 0 fully saturated rings. The highest BCUT2D eigenvalue weighted by Gasteiger charge is 1.93. The van der Waals surface area contributed by atoms with Crippen molar-refractivity contribution in [2.75, 3.05) is 0 Å². The van der Waals surface area contributed by atoms with Crippen molar-refractivity contribution < 1.29 is 0 Å². The van der Waals surface area contributed by atoms with Crippen molar-refractivity contribution in [2.45, 2.75) is 0 Å². The van der Waals surface area contributed by atoms with E-state index in [-0.39, 0.29) is 0 Å². The zero-order valence-electron chi connectivity index (χ0n) is 4.37. The van der Waals surface area contributed by atoms with Crippen LogP contribution >= 0.6 is 61.1 Å². The van der Waals surface area contributed by atoms with Crippen molar-refractivity contribution in [3.63, 3.8) is 0 Å². The summed E-state index contributed by atoms with van der Waals surface area (Å²) in [6.45, 7) is 0. The van der Waals surface area contributed by atoms with Gasteiger partial charge in [-0.25, -0.2) is 0 Å². The molecule has 0 N–H and O–H groups in total. The Labute approximate surface area is 89.8 Å². The van der Waals surface area contributed by atoms with Crippen LogP contribution in [-0.4, -0.2) is 0 Å². The van der Waals surface area contributed by atoms with Crippen molar-refractivity contribution in [1.29, 1.82) is 0 Å². The minimum absolute atomic E-state index is 1.15. The van der Waals surface area contributed by atoms with E-state index in [1.54, 1.807) is 0 Å². The van der Waals surface area contributed by atoms with Crippen LogP contribution in [-0.2, 0) is 0 Å². The summed E-state index contributed by atoms with van der Waals surface area (Å²) in [5.74, 6) is 0. The fourth-order valence-corrected chi connectivity index (χ4v) is 2.11. The van der Waals surface area contributed by atoms with Gasteiger partial charge in [0.05, 0.1) is 0 Å². The molecule has 48 valence electrons. The Bertz CT molecular complexity index is 222. The van der Waals surface area contributed by atoms with E-state index in [4.69, 9.17) is 0 Å². The van der Waals surface area contributed by atoms with E-state index in [2.05, 4.69) is 73.2 Å². The molecule has 0 spiro atoms. The van der Waals surface area contributed by atoms with Gasteiger partial charge in [0.2, 0.25) is 0 Å².